The standard InChI is InChI=1S/C14H26N2O3/c1-5-11-8-6-7-9-16(11)14(18)15-12(10(2)3)13(17)19-4/h10-12H,5-9H2,1-4H3,(H,15,18)/t11-,12+/m1/s1. The number of nitrogens with zero attached hydrogens (tertiary/aromatic N) is 1. The van der Waals surface area contributed by atoms with Crippen molar-refractivity contribution >= 4 is 12.0 Å². The molecule has 0 bridgehead atoms. The van der Waals surface area contributed by atoms with Crippen LogP contribution in [0.2, 0.25) is 0 Å². The number of urea groups is 1. The summed E-state index contributed by atoms with van der Waals surface area (Å²) in [4.78, 5) is 25.8. The Morgan fingerprint density at radius 2 is 2.05 bits per heavy atom. The first kappa shape index (κ1) is 15.8. The maximum atomic E-state index is 12.3. The summed E-state index contributed by atoms with van der Waals surface area (Å²) in [7, 11) is 1.35. The number of nitrogens with one attached hydrogen (secondary N) is 1. The van der Waals surface area contributed by atoms with Gasteiger partial charge in [-0.15, -0.1) is 0 Å². The molecule has 1 N–H and O–H groups in total. The van der Waals surface area contributed by atoms with Crippen molar-refractivity contribution in [2.24, 2.45) is 5.92 Å². The number of likely N-dealkylation sites (tertiary alicyclic amines) is 1. The average molecular weight is 270 g/mol. The molecule has 0 aromatic carbocycles. The second kappa shape index (κ2) is 7.36. The summed E-state index contributed by atoms with van der Waals surface area (Å²) in [5.74, 6) is -0.366. The normalized spacial score (nSPS) is 21.1. The molecule has 1 rings (SSSR count). The molecular weight excluding hydrogens is 244 g/mol. The lowest BCUT2D eigenvalue weighted by Crippen LogP contribution is -2.54. The van der Waals surface area contributed by atoms with Crippen LogP contribution in [0.3, 0.4) is 0 Å². The number of ether oxygens (including phenoxy) is 1. The molecule has 1 fully saturated rings. The first-order chi connectivity index (χ1) is 9.01. The molecular formula is C14H26N2O3. The summed E-state index contributed by atoms with van der Waals surface area (Å²) in [6, 6.07) is -0.424. The number of rotatable bonds is 4. The van der Waals surface area contributed by atoms with E-state index in [0.29, 0.717) is 6.04 Å². The van der Waals surface area contributed by atoms with E-state index < -0.39 is 6.04 Å². The van der Waals surface area contributed by atoms with Gasteiger partial charge in [0.05, 0.1) is 7.11 Å². The fourth-order valence-electron chi connectivity index (χ4n) is 2.53. The first-order valence-electron chi connectivity index (χ1n) is 7.16. The predicted molar refractivity (Wildman–Crippen MR) is 73.8 cm³/mol. The Hall–Kier alpha value is -1.26. The van der Waals surface area contributed by atoms with Gasteiger partial charge in [0.15, 0.2) is 0 Å². The molecule has 2 amide bonds. The topological polar surface area (TPSA) is 58.6 Å². The van der Waals surface area contributed by atoms with E-state index in [0.717, 1.165) is 25.8 Å². The predicted octanol–water partition coefficient (Wildman–Crippen LogP) is 2.16. The number of piperidine rings is 1. The molecule has 0 radical (unpaired) electrons. The van der Waals surface area contributed by atoms with Crippen molar-refractivity contribution in [3.63, 3.8) is 0 Å². The largest absolute Gasteiger partial charge is 0.467 e. The fourth-order valence-corrected chi connectivity index (χ4v) is 2.53. The first-order valence-corrected chi connectivity index (χ1v) is 7.16. The quantitative estimate of drug-likeness (QED) is 0.796. The SMILES string of the molecule is CC[C@@H]1CCCCN1C(=O)N[C@H](C(=O)OC)C(C)C. The monoisotopic (exact) mass is 270 g/mol. The van der Waals surface area contributed by atoms with Gasteiger partial charge in [-0.1, -0.05) is 20.8 Å². The Bertz CT molecular complexity index is 318. The number of carbonyl (C=O) groups excluding carboxylic acids is 2. The van der Waals surface area contributed by atoms with Gasteiger partial charge in [0, 0.05) is 12.6 Å². The summed E-state index contributed by atoms with van der Waals surface area (Å²) < 4.78 is 4.74. The summed E-state index contributed by atoms with van der Waals surface area (Å²) in [5.41, 5.74) is 0. The van der Waals surface area contributed by atoms with Crippen LogP contribution in [0.1, 0.15) is 46.5 Å². The van der Waals surface area contributed by atoms with E-state index in [-0.39, 0.29) is 17.9 Å². The maximum absolute atomic E-state index is 12.3. The van der Waals surface area contributed by atoms with E-state index >= 15 is 0 Å². The highest BCUT2D eigenvalue weighted by Gasteiger charge is 2.30. The zero-order valence-corrected chi connectivity index (χ0v) is 12.4. The van der Waals surface area contributed by atoms with Crippen molar-refractivity contribution in [3.8, 4) is 0 Å². The van der Waals surface area contributed by atoms with E-state index in [1.54, 1.807) is 0 Å². The Kier molecular flexibility index (Phi) is 6.12. The van der Waals surface area contributed by atoms with Crippen LogP contribution in [0.5, 0.6) is 0 Å². The summed E-state index contributed by atoms with van der Waals surface area (Å²) in [5, 5.41) is 2.81. The molecule has 0 aromatic heterocycles. The Balaban J connectivity index is 2.67. The minimum Gasteiger partial charge on any atom is -0.467 e. The molecule has 0 saturated carbocycles. The van der Waals surface area contributed by atoms with Gasteiger partial charge < -0.3 is 15.0 Å². The number of hydrogen-bond donors (Lipinski definition) is 1. The zero-order chi connectivity index (χ0) is 14.4. The minimum atomic E-state index is -0.572. The van der Waals surface area contributed by atoms with Gasteiger partial charge >= 0.3 is 12.0 Å². The maximum Gasteiger partial charge on any atom is 0.328 e. The van der Waals surface area contributed by atoms with Crippen LogP contribution >= 0.6 is 0 Å². The molecule has 0 aromatic rings. The average Bonchev–Trinajstić information content (AvgIpc) is 2.43. The highest BCUT2D eigenvalue weighted by molar-refractivity contribution is 5.84. The molecule has 1 aliphatic heterocycles. The number of carbonyl (C=O) groups is 2. The van der Waals surface area contributed by atoms with E-state index in [1.807, 2.05) is 18.7 Å². The van der Waals surface area contributed by atoms with E-state index in [1.165, 1.54) is 13.5 Å². The highest BCUT2D eigenvalue weighted by atomic mass is 16.5. The molecule has 5 heteroatoms. The summed E-state index contributed by atoms with van der Waals surface area (Å²) in [6.45, 7) is 6.66. The third kappa shape index (κ3) is 4.11. The molecule has 2 atom stereocenters. The second-order valence-corrected chi connectivity index (χ2v) is 5.45. The van der Waals surface area contributed by atoms with Gasteiger partial charge in [0.25, 0.3) is 0 Å². The molecule has 0 spiro atoms. The third-order valence-corrected chi connectivity index (χ3v) is 3.76. The van der Waals surface area contributed by atoms with Gasteiger partial charge in [-0.25, -0.2) is 9.59 Å². The molecule has 19 heavy (non-hydrogen) atoms. The second-order valence-electron chi connectivity index (χ2n) is 5.45. The number of esters is 1. The molecule has 0 unspecified atom stereocenters. The van der Waals surface area contributed by atoms with Crippen molar-refractivity contribution in [2.75, 3.05) is 13.7 Å². The van der Waals surface area contributed by atoms with E-state index in [2.05, 4.69) is 12.2 Å². The summed E-state index contributed by atoms with van der Waals surface area (Å²) in [6.07, 6.45) is 4.22. The lowest BCUT2D eigenvalue weighted by molar-refractivity contribution is -0.144. The van der Waals surface area contributed by atoms with Crippen molar-refractivity contribution in [1.82, 2.24) is 10.2 Å². The van der Waals surface area contributed by atoms with Crippen LogP contribution in [0.4, 0.5) is 4.79 Å². The minimum absolute atomic E-state index is 0.0151. The van der Waals surface area contributed by atoms with Gasteiger partial charge in [-0.3, -0.25) is 0 Å². The van der Waals surface area contributed by atoms with Crippen LogP contribution in [0.25, 0.3) is 0 Å². The van der Waals surface area contributed by atoms with Gasteiger partial charge in [0.1, 0.15) is 6.04 Å². The molecule has 1 heterocycles. The van der Waals surface area contributed by atoms with Gasteiger partial charge in [-0.05, 0) is 31.6 Å². The number of methoxy groups -OCH3 is 1. The third-order valence-electron chi connectivity index (χ3n) is 3.76. The van der Waals surface area contributed by atoms with Crippen molar-refractivity contribution in [1.29, 1.82) is 0 Å². The summed E-state index contributed by atoms with van der Waals surface area (Å²) >= 11 is 0. The molecule has 5 nitrogen and oxygen atoms in total. The van der Waals surface area contributed by atoms with Gasteiger partial charge in [-0.2, -0.15) is 0 Å². The fraction of sp³-hybridized carbons (Fsp3) is 0.857. The van der Waals surface area contributed by atoms with Crippen molar-refractivity contribution < 1.29 is 14.3 Å². The lowest BCUT2D eigenvalue weighted by atomic mass is 10.00. The van der Waals surface area contributed by atoms with Crippen LogP contribution in [-0.4, -0.2) is 42.6 Å². The highest BCUT2D eigenvalue weighted by Crippen LogP contribution is 2.19. The number of amides is 2. The van der Waals surface area contributed by atoms with Gasteiger partial charge in [0.2, 0.25) is 0 Å². The smallest absolute Gasteiger partial charge is 0.328 e. The Labute approximate surface area is 115 Å². The Morgan fingerprint density at radius 3 is 2.58 bits per heavy atom. The van der Waals surface area contributed by atoms with Crippen LogP contribution in [0, 0.1) is 5.92 Å². The molecule has 1 saturated heterocycles. The number of hydrogen-bond acceptors (Lipinski definition) is 3. The van der Waals surface area contributed by atoms with E-state index in [4.69, 9.17) is 4.74 Å². The van der Waals surface area contributed by atoms with E-state index in [9.17, 15) is 9.59 Å². The lowest BCUT2D eigenvalue weighted by Gasteiger charge is -2.36. The van der Waals surface area contributed by atoms with Crippen LogP contribution in [-0.2, 0) is 9.53 Å². The molecule has 1 aliphatic rings. The molecule has 110 valence electrons. The Morgan fingerprint density at radius 1 is 1.37 bits per heavy atom. The van der Waals surface area contributed by atoms with Crippen LogP contribution < -0.4 is 5.32 Å². The molecule has 0 aliphatic carbocycles. The van der Waals surface area contributed by atoms with Crippen molar-refractivity contribution in [3.05, 3.63) is 0 Å². The van der Waals surface area contributed by atoms with Crippen molar-refractivity contribution in [2.45, 2.75) is 58.5 Å². The van der Waals surface area contributed by atoms with Crippen LogP contribution in [0.15, 0.2) is 0 Å². The zero-order valence-electron chi connectivity index (χ0n) is 12.4.